The molecule has 1 heterocycles. The number of nitrogens with zero attached hydrogens (tertiary/aromatic N) is 2. The molecule has 0 spiro atoms. The lowest BCUT2D eigenvalue weighted by atomic mass is 10.0. The van der Waals surface area contributed by atoms with Crippen LogP contribution in [0.4, 0.5) is 9.59 Å². The molecule has 0 unspecified atom stereocenters. The molecule has 37 heavy (non-hydrogen) atoms. The van der Waals surface area contributed by atoms with E-state index in [4.69, 9.17) is 19.9 Å². The summed E-state index contributed by atoms with van der Waals surface area (Å²) >= 11 is 0. The van der Waals surface area contributed by atoms with Crippen LogP contribution in [0.2, 0.25) is 0 Å². The number of ether oxygens (including phenoxy) is 3. The number of carbonyl (C=O) groups is 2. The van der Waals surface area contributed by atoms with Crippen LogP contribution in [0.5, 0.6) is 0 Å². The minimum absolute atomic E-state index is 0. The highest BCUT2D eigenvalue weighted by Crippen LogP contribution is 2.21. The predicted octanol–water partition coefficient (Wildman–Crippen LogP) is 6.53. The van der Waals surface area contributed by atoms with Crippen LogP contribution in [0.25, 0.3) is 0 Å². The smallest absolute Gasteiger partial charge is 0.418 e. The van der Waals surface area contributed by atoms with Gasteiger partial charge in [0.25, 0.3) is 0 Å². The van der Waals surface area contributed by atoms with E-state index in [-0.39, 0.29) is 37.8 Å². The Morgan fingerprint density at radius 2 is 1.27 bits per heavy atom. The second-order valence-electron chi connectivity index (χ2n) is 10.5. The Kier molecular flexibility index (Phi) is 23.3. The SMILES string of the molecule is CCCCCCCCCCCCCCCCOC[C@@H]1CC[C@H](COC(=O)N(CCN(C)C)C(N)=O)O1.Cl. The summed E-state index contributed by atoms with van der Waals surface area (Å²) in [6, 6.07) is -0.802. The molecule has 2 N–H and O–H groups in total. The van der Waals surface area contributed by atoms with E-state index in [1.165, 1.54) is 83.5 Å². The number of amides is 3. The van der Waals surface area contributed by atoms with Crippen molar-refractivity contribution >= 4 is 24.5 Å². The minimum Gasteiger partial charge on any atom is -0.446 e. The topological polar surface area (TPSA) is 94.3 Å². The van der Waals surface area contributed by atoms with Crippen LogP contribution in [0.1, 0.15) is 110 Å². The Morgan fingerprint density at radius 1 is 0.784 bits per heavy atom. The molecule has 0 aromatic heterocycles. The average molecular weight is 550 g/mol. The van der Waals surface area contributed by atoms with Crippen molar-refractivity contribution in [1.29, 1.82) is 0 Å². The van der Waals surface area contributed by atoms with Gasteiger partial charge in [0.1, 0.15) is 6.61 Å². The number of hydrogen-bond donors (Lipinski definition) is 1. The van der Waals surface area contributed by atoms with E-state index >= 15 is 0 Å². The molecule has 0 aromatic carbocycles. The van der Waals surface area contributed by atoms with Gasteiger partial charge >= 0.3 is 12.1 Å². The summed E-state index contributed by atoms with van der Waals surface area (Å²) in [5.41, 5.74) is 5.30. The fourth-order valence-electron chi connectivity index (χ4n) is 4.47. The van der Waals surface area contributed by atoms with Gasteiger partial charge in [-0.25, -0.2) is 14.5 Å². The van der Waals surface area contributed by atoms with Crippen LogP contribution in [0.15, 0.2) is 0 Å². The number of likely N-dealkylation sites (N-methyl/N-ethyl adjacent to an activating group) is 1. The van der Waals surface area contributed by atoms with Gasteiger partial charge in [0.05, 0.1) is 18.8 Å². The summed E-state index contributed by atoms with van der Waals surface area (Å²) in [6.45, 7) is 4.48. The van der Waals surface area contributed by atoms with Crippen molar-refractivity contribution in [3.8, 4) is 0 Å². The van der Waals surface area contributed by atoms with E-state index in [9.17, 15) is 9.59 Å². The molecule has 0 aromatic rings. The lowest BCUT2D eigenvalue weighted by Crippen LogP contribution is -2.45. The minimum atomic E-state index is -0.802. The standard InChI is InChI=1S/C28H55N3O5.ClH/c1-4-5-6-7-8-9-10-11-12-13-14-15-16-17-22-34-23-25-18-19-26(36-25)24-35-28(33)31(27(29)32)21-20-30(2)3;/h25-26H,4-24H2,1-3H3,(H2,29,32);1H/t25-,26+;/m0./s1. The Labute approximate surface area is 232 Å². The van der Waals surface area contributed by atoms with Crippen LogP contribution in [-0.4, -0.2) is 81.1 Å². The number of nitrogens with two attached hydrogens (primary N) is 1. The molecular formula is C28H56ClN3O5. The molecule has 8 nitrogen and oxygen atoms in total. The zero-order chi connectivity index (χ0) is 26.4. The molecule has 2 atom stereocenters. The fourth-order valence-corrected chi connectivity index (χ4v) is 4.47. The number of rotatable bonds is 22. The van der Waals surface area contributed by atoms with Crippen LogP contribution in [0.3, 0.4) is 0 Å². The van der Waals surface area contributed by atoms with Crippen LogP contribution >= 0.6 is 12.4 Å². The van der Waals surface area contributed by atoms with Gasteiger partial charge in [-0.3, -0.25) is 0 Å². The summed E-state index contributed by atoms with van der Waals surface area (Å²) in [5, 5.41) is 0. The number of halogens is 1. The number of imide groups is 1. The zero-order valence-corrected chi connectivity index (χ0v) is 24.7. The Morgan fingerprint density at radius 3 is 1.76 bits per heavy atom. The van der Waals surface area contributed by atoms with E-state index in [1.807, 2.05) is 19.0 Å². The van der Waals surface area contributed by atoms with Crippen molar-refractivity contribution in [1.82, 2.24) is 9.80 Å². The fraction of sp³-hybridized carbons (Fsp3) is 0.929. The van der Waals surface area contributed by atoms with Crippen molar-refractivity contribution in [3.63, 3.8) is 0 Å². The van der Waals surface area contributed by atoms with Gasteiger partial charge in [0, 0.05) is 19.7 Å². The summed E-state index contributed by atoms with van der Waals surface area (Å²) in [4.78, 5) is 26.5. The molecule has 220 valence electrons. The summed E-state index contributed by atoms with van der Waals surface area (Å²) in [7, 11) is 3.72. The predicted molar refractivity (Wildman–Crippen MR) is 152 cm³/mol. The van der Waals surface area contributed by atoms with Gasteiger partial charge in [-0.05, 0) is 33.4 Å². The first-order chi connectivity index (χ1) is 17.4. The number of carbonyl (C=O) groups excluding carboxylic acids is 2. The maximum Gasteiger partial charge on any atom is 0.418 e. The van der Waals surface area contributed by atoms with Gasteiger partial charge in [-0.2, -0.15) is 0 Å². The third-order valence-electron chi connectivity index (χ3n) is 6.79. The number of primary amides is 1. The van der Waals surface area contributed by atoms with Crippen molar-refractivity contribution in [3.05, 3.63) is 0 Å². The largest absolute Gasteiger partial charge is 0.446 e. The normalized spacial score (nSPS) is 17.1. The second kappa shape index (κ2) is 24.0. The first-order valence-electron chi connectivity index (χ1n) is 14.6. The monoisotopic (exact) mass is 549 g/mol. The number of urea groups is 1. The third-order valence-corrected chi connectivity index (χ3v) is 6.79. The lowest BCUT2D eigenvalue weighted by Gasteiger charge is -2.21. The van der Waals surface area contributed by atoms with Crippen molar-refractivity contribution in [2.45, 2.75) is 122 Å². The van der Waals surface area contributed by atoms with E-state index in [1.54, 1.807) is 0 Å². The highest BCUT2D eigenvalue weighted by Gasteiger charge is 2.28. The molecule has 1 fully saturated rings. The summed E-state index contributed by atoms with van der Waals surface area (Å²) < 4.78 is 17.0. The summed E-state index contributed by atoms with van der Waals surface area (Å²) in [5.74, 6) is 0. The molecule has 0 aliphatic carbocycles. The molecule has 3 amide bonds. The van der Waals surface area contributed by atoms with Crippen molar-refractivity contribution in [2.24, 2.45) is 5.73 Å². The van der Waals surface area contributed by atoms with E-state index in [2.05, 4.69) is 6.92 Å². The Balaban J connectivity index is 0.0000130. The first kappa shape index (κ1) is 35.9. The molecule has 0 bridgehead atoms. The van der Waals surface area contributed by atoms with Crippen LogP contribution in [-0.2, 0) is 14.2 Å². The Hall–Kier alpha value is -1.09. The molecule has 1 aliphatic rings. The average Bonchev–Trinajstić information content (AvgIpc) is 3.30. The van der Waals surface area contributed by atoms with Crippen molar-refractivity contribution < 1.29 is 23.8 Å². The molecule has 0 saturated carbocycles. The molecule has 1 saturated heterocycles. The van der Waals surface area contributed by atoms with E-state index < -0.39 is 12.1 Å². The molecule has 0 radical (unpaired) electrons. The molecule has 1 rings (SSSR count). The van der Waals surface area contributed by atoms with E-state index in [0.29, 0.717) is 13.2 Å². The van der Waals surface area contributed by atoms with E-state index in [0.717, 1.165) is 30.8 Å². The maximum atomic E-state index is 12.2. The summed E-state index contributed by atoms with van der Waals surface area (Å²) in [6.07, 6.45) is 19.8. The third kappa shape index (κ3) is 19.6. The van der Waals surface area contributed by atoms with Gasteiger partial charge in [0.15, 0.2) is 0 Å². The molecular weight excluding hydrogens is 494 g/mol. The zero-order valence-electron chi connectivity index (χ0n) is 23.9. The first-order valence-corrected chi connectivity index (χ1v) is 14.6. The highest BCUT2D eigenvalue weighted by molar-refractivity contribution is 5.89. The molecule has 1 aliphatic heterocycles. The van der Waals surface area contributed by atoms with Crippen molar-refractivity contribution in [2.75, 3.05) is 47.0 Å². The second-order valence-corrected chi connectivity index (χ2v) is 10.5. The van der Waals surface area contributed by atoms with Gasteiger partial charge in [-0.1, -0.05) is 90.4 Å². The van der Waals surface area contributed by atoms with Gasteiger partial charge in [0.2, 0.25) is 0 Å². The quantitative estimate of drug-likeness (QED) is 0.154. The lowest BCUT2D eigenvalue weighted by molar-refractivity contribution is -0.0365. The van der Waals surface area contributed by atoms with Gasteiger partial charge in [-0.15, -0.1) is 12.4 Å². The van der Waals surface area contributed by atoms with Crippen LogP contribution < -0.4 is 5.73 Å². The van der Waals surface area contributed by atoms with Crippen LogP contribution in [0, 0.1) is 0 Å². The Bertz CT molecular complexity index is 568. The van der Waals surface area contributed by atoms with Gasteiger partial charge < -0.3 is 24.8 Å². The maximum absolute atomic E-state index is 12.2. The highest BCUT2D eigenvalue weighted by atomic mass is 35.5. The number of unbranched alkanes of at least 4 members (excludes halogenated alkanes) is 13. The number of hydrogen-bond acceptors (Lipinski definition) is 6. The molecule has 9 heteroatoms.